The number of hydrogen-bond donors (Lipinski definition) is 2. The van der Waals surface area contributed by atoms with Crippen molar-refractivity contribution in [1.82, 2.24) is 5.32 Å². The Balaban J connectivity index is 2.60. The smallest absolute Gasteiger partial charge is 0.406 e. The van der Waals surface area contributed by atoms with Gasteiger partial charge in [0.2, 0.25) is 11.8 Å². The molecule has 0 bridgehead atoms. The summed E-state index contributed by atoms with van der Waals surface area (Å²) >= 11 is 0. The number of benzene rings is 1. The van der Waals surface area contributed by atoms with E-state index in [0.717, 1.165) is 0 Å². The van der Waals surface area contributed by atoms with Crippen LogP contribution in [0.2, 0.25) is 0 Å². The van der Waals surface area contributed by atoms with Gasteiger partial charge in [0.25, 0.3) is 0 Å². The second kappa shape index (κ2) is 7.15. The second-order valence-electron chi connectivity index (χ2n) is 4.91. The lowest BCUT2D eigenvalue weighted by atomic mass is 9.97. The molecule has 0 aromatic heterocycles. The van der Waals surface area contributed by atoms with E-state index in [2.05, 4.69) is 10.1 Å². The first-order valence-corrected chi connectivity index (χ1v) is 6.53. The molecule has 22 heavy (non-hydrogen) atoms. The number of nitrogens with one attached hydrogen (secondary N) is 1. The summed E-state index contributed by atoms with van der Waals surface area (Å²) in [5.74, 6) is -1.57. The van der Waals surface area contributed by atoms with Gasteiger partial charge in [0, 0.05) is 6.42 Å². The molecule has 5 nitrogen and oxygen atoms in total. The van der Waals surface area contributed by atoms with Gasteiger partial charge in [-0.3, -0.25) is 9.59 Å². The van der Waals surface area contributed by atoms with Crippen molar-refractivity contribution in [2.75, 3.05) is 0 Å². The van der Waals surface area contributed by atoms with Crippen LogP contribution in [0.5, 0.6) is 5.75 Å². The third kappa shape index (κ3) is 6.02. The molecule has 2 atom stereocenters. The number of rotatable bonds is 6. The first kappa shape index (κ1) is 17.8. The molecule has 0 aliphatic heterocycles. The Kier molecular flexibility index (Phi) is 5.78. The fourth-order valence-corrected chi connectivity index (χ4v) is 1.77. The van der Waals surface area contributed by atoms with Crippen molar-refractivity contribution in [3.8, 4) is 5.75 Å². The Hall–Kier alpha value is -2.25. The first-order valence-electron chi connectivity index (χ1n) is 6.53. The third-order valence-corrected chi connectivity index (χ3v) is 2.98. The maximum Gasteiger partial charge on any atom is 0.573 e. The maximum absolute atomic E-state index is 12.0. The summed E-state index contributed by atoms with van der Waals surface area (Å²) in [5.41, 5.74) is 5.71. The number of carbonyl (C=O) groups excluding carboxylic acids is 2. The monoisotopic (exact) mass is 318 g/mol. The first-order chi connectivity index (χ1) is 10.1. The minimum atomic E-state index is -4.74. The minimum absolute atomic E-state index is 0.0805. The summed E-state index contributed by atoms with van der Waals surface area (Å²) in [4.78, 5) is 22.5. The Morgan fingerprint density at radius 1 is 1.23 bits per heavy atom. The zero-order valence-corrected chi connectivity index (χ0v) is 12.1. The molecule has 0 saturated heterocycles. The van der Waals surface area contributed by atoms with Crippen LogP contribution in [0.25, 0.3) is 0 Å². The molecule has 1 aromatic carbocycles. The molecule has 0 spiro atoms. The molecule has 1 rings (SSSR count). The fourth-order valence-electron chi connectivity index (χ4n) is 1.77. The van der Waals surface area contributed by atoms with E-state index in [0.29, 0.717) is 5.56 Å². The summed E-state index contributed by atoms with van der Waals surface area (Å²) < 4.78 is 39.9. The van der Waals surface area contributed by atoms with Crippen LogP contribution < -0.4 is 15.8 Å². The number of carbonyl (C=O) groups is 2. The number of nitrogens with two attached hydrogens (primary N) is 1. The number of halogens is 3. The molecular formula is C14H17F3N2O3. The van der Waals surface area contributed by atoms with Crippen LogP contribution in [0.3, 0.4) is 0 Å². The summed E-state index contributed by atoms with van der Waals surface area (Å²) in [6, 6.07) is 4.50. The molecule has 0 aliphatic carbocycles. The van der Waals surface area contributed by atoms with E-state index < -0.39 is 18.3 Å². The van der Waals surface area contributed by atoms with E-state index in [1.165, 1.54) is 31.2 Å². The predicted molar refractivity (Wildman–Crippen MR) is 73.0 cm³/mol. The Morgan fingerprint density at radius 2 is 1.77 bits per heavy atom. The molecule has 1 unspecified atom stereocenters. The van der Waals surface area contributed by atoms with E-state index >= 15 is 0 Å². The zero-order valence-electron chi connectivity index (χ0n) is 12.1. The average Bonchev–Trinajstić information content (AvgIpc) is 2.37. The molecule has 2 amide bonds. The van der Waals surface area contributed by atoms with Crippen LogP contribution in [-0.4, -0.2) is 24.2 Å². The largest absolute Gasteiger partial charge is 0.573 e. The van der Waals surface area contributed by atoms with Crippen molar-refractivity contribution in [2.45, 2.75) is 38.6 Å². The molecule has 8 heteroatoms. The molecular weight excluding hydrogens is 301 g/mol. The standard InChI is InChI=1S/C14H17F3N2O3/c1-8(7-12(20)19-9(2)13(18)21)10-3-5-11(6-4-10)22-14(15,16)17/h3-6,8-9H,7H2,1-2H3,(H2,18,21)(H,19,20)/t8?,9-/m0/s1. The second-order valence-corrected chi connectivity index (χ2v) is 4.91. The molecule has 122 valence electrons. The fraction of sp³-hybridized carbons (Fsp3) is 0.429. The van der Waals surface area contributed by atoms with Gasteiger partial charge in [0.15, 0.2) is 0 Å². The van der Waals surface area contributed by atoms with Crippen LogP contribution in [0.1, 0.15) is 31.7 Å². The Bertz CT molecular complexity index is 529. The van der Waals surface area contributed by atoms with Crippen LogP contribution >= 0.6 is 0 Å². The third-order valence-electron chi connectivity index (χ3n) is 2.98. The average molecular weight is 318 g/mol. The van der Waals surface area contributed by atoms with Gasteiger partial charge in [0.1, 0.15) is 11.8 Å². The van der Waals surface area contributed by atoms with Crippen LogP contribution in [0.15, 0.2) is 24.3 Å². The minimum Gasteiger partial charge on any atom is -0.406 e. The van der Waals surface area contributed by atoms with Gasteiger partial charge in [-0.1, -0.05) is 19.1 Å². The number of ether oxygens (including phenoxy) is 1. The van der Waals surface area contributed by atoms with E-state index in [4.69, 9.17) is 5.73 Å². The summed E-state index contributed by atoms with van der Waals surface area (Å²) in [7, 11) is 0. The summed E-state index contributed by atoms with van der Waals surface area (Å²) in [6.07, 6.45) is -4.66. The molecule has 0 saturated carbocycles. The molecule has 0 heterocycles. The molecule has 0 radical (unpaired) electrons. The van der Waals surface area contributed by atoms with Gasteiger partial charge in [-0.2, -0.15) is 0 Å². The van der Waals surface area contributed by atoms with E-state index in [9.17, 15) is 22.8 Å². The van der Waals surface area contributed by atoms with Gasteiger partial charge in [-0.15, -0.1) is 13.2 Å². The van der Waals surface area contributed by atoms with E-state index in [-0.39, 0.29) is 24.0 Å². The maximum atomic E-state index is 12.0. The van der Waals surface area contributed by atoms with Crippen molar-refractivity contribution in [1.29, 1.82) is 0 Å². The molecule has 0 fully saturated rings. The van der Waals surface area contributed by atoms with Crippen molar-refractivity contribution >= 4 is 11.8 Å². The Labute approximate surface area is 125 Å². The van der Waals surface area contributed by atoms with E-state index in [1.807, 2.05) is 0 Å². The van der Waals surface area contributed by atoms with Gasteiger partial charge >= 0.3 is 6.36 Å². The number of alkyl halides is 3. The molecule has 1 aromatic rings. The van der Waals surface area contributed by atoms with Gasteiger partial charge in [-0.25, -0.2) is 0 Å². The number of amides is 2. The summed E-state index contributed by atoms with van der Waals surface area (Å²) in [5, 5.41) is 2.44. The Morgan fingerprint density at radius 3 is 2.23 bits per heavy atom. The number of primary amides is 1. The van der Waals surface area contributed by atoms with Crippen molar-refractivity contribution in [2.24, 2.45) is 5.73 Å². The number of hydrogen-bond acceptors (Lipinski definition) is 3. The van der Waals surface area contributed by atoms with Crippen LogP contribution in [0, 0.1) is 0 Å². The van der Waals surface area contributed by atoms with Crippen molar-refractivity contribution in [3.63, 3.8) is 0 Å². The van der Waals surface area contributed by atoms with Crippen molar-refractivity contribution in [3.05, 3.63) is 29.8 Å². The quantitative estimate of drug-likeness (QED) is 0.842. The van der Waals surface area contributed by atoms with Crippen molar-refractivity contribution < 1.29 is 27.5 Å². The molecule has 3 N–H and O–H groups in total. The van der Waals surface area contributed by atoms with Gasteiger partial charge < -0.3 is 15.8 Å². The lowest BCUT2D eigenvalue weighted by molar-refractivity contribution is -0.274. The topological polar surface area (TPSA) is 81.4 Å². The highest BCUT2D eigenvalue weighted by Crippen LogP contribution is 2.26. The highest BCUT2D eigenvalue weighted by atomic mass is 19.4. The SMILES string of the molecule is CC(CC(=O)N[C@@H](C)C(N)=O)c1ccc(OC(F)(F)F)cc1. The normalized spacial score (nSPS) is 14.0. The lowest BCUT2D eigenvalue weighted by Gasteiger charge is -2.15. The summed E-state index contributed by atoms with van der Waals surface area (Å²) in [6.45, 7) is 3.21. The zero-order chi connectivity index (χ0) is 16.9. The van der Waals surface area contributed by atoms with Crippen LogP contribution in [0.4, 0.5) is 13.2 Å². The highest BCUT2D eigenvalue weighted by molar-refractivity contribution is 5.86. The van der Waals surface area contributed by atoms with E-state index in [1.54, 1.807) is 6.92 Å². The van der Waals surface area contributed by atoms with Gasteiger partial charge in [-0.05, 0) is 30.5 Å². The van der Waals surface area contributed by atoms with Crippen LogP contribution in [-0.2, 0) is 9.59 Å². The highest BCUT2D eigenvalue weighted by Gasteiger charge is 2.31. The predicted octanol–water partition coefficient (Wildman–Crippen LogP) is 2.07. The lowest BCUT2D eigenvalue weighted by Crippen LogP contribution is -2.42. The van der Waals surface area contributed by atoms with Gasteiger partial charge in [0.05, 0.1) is 0 Å². The molecule has 0 aliphatic rings.